The molecule has 1 aliphatic rings. The van der Waals surface area contributed by atoms with Gasteiger partial charge in [0.1, 0.15) is 5.70 Å². The molecule has 1 aromatic heterocycles. The zero-order valence-corrected chi connectivity index (χ0v) is 12.5. The van der Waals surface area contributed by atoms with E-state index in [4.69, 9.17) is 4.74 Å². The molecule has 0 atom stereocenters. The zero-order chi connectivity index (χ0) is 14.1. The maximum Gasteiger partial charge on any atom is 0.355 e. The third-order valence-electron chi connectivity index (χ3n) is 2.90. The Bertz CT molecular complexity index is 736. The van der Waals surface area contributed by atoms with Gasteiger partial charge in [-0.15, -0.1) is 11.3 Å². The quantitative estimate of drug-likeness (QED) is 0.630. The van der Waals surface area contributed by atoms with Crippen molar-refractivity contribution < 1.29 is 9.53 Å². The molecule has 0 bridgehead atoms. The topological polar surface area (TPSA) is 54.8 Å². The molecule has 3 rings (SSSR count). The summed E-state index contributed by atoms with van der Waals surface area (Å²) in [6, 6.07) is 5.97. The minimum atomic E-state index is -0.373. The molecule has 5 nitrogen and oxygen atoms in total. The van der Waals surface area contributed by atoms with Gasteiger partial charge in [0.15, 0.2) is 0 Å². The lowest BCUT2D eigenvalue weighted by atomic mass is 10.1. The molecule has 1 aromatic carbocycles. The van der Waals surface area contributed by atoms with E-state index in [1.54, 1.807) is 28.8 Å². The van der Waals surface area contributed by atoms with Gasteiger partial charge in [-0.2, -0.15) is 4.40 Å². The van der Waals surface area contributed by atoms with Crippen molar-refractivity contribution >= 4 is 45.4 Å². The molecule has 0 amide bonds. The van der Waals surface area contributed by atoms with Crippen LogP contribution in [0.15, 0.2) is 39.9 Å². The summed E-state index contributed by atoms with van der Waals surface area (Å²) in [5.74, 6) is -0.373. The van der Waals surface area contributed by atoms with Crippen LogP contribution in [0.2, 0.25) is 0 Å². The number of methoxy groups -OCH3 is 1. The molecule has 2 heterocycles. The molecule has 102 valence electrons. The van der Waals surface area contributed by atoms with E-state index < -0.39 is 0 Å². The Morgan fingerprint density at radius 1 is 1.40 bits per heavy atom. The third kappa shape index (κ3) is 2.30. The Labute approximate surface area is 124 Å². The van der Waals surface area contributed by atoms with Gasteiger partial charge in [-0.3, -0.25) is 4.31 Å². The predicted octanol–water partition coefficient (Wildman–Crippen LogP) is 2.65. The summed E-state index contributed by atoms with van der Waals surface area (Å²) in [6.07, 6.45) is 1.73. The van der Waals surface area contributed by atoms with Gasteiger partial charge in [0.05, 0.1) is 40.7 Å². The fourth-order valence-electron chi connectivity index (χ4n) is 1.84. The summed E-state index contributed by atoms with van der Waals surface area (Å²) in [5.41, 5.74) is 4.90. The minimum Gasteiger partial charge on any atom is -0.464 e. The maximum absolute atomic E-state index is 11.7. The van der Waals surface area contributed by atoms with Crippen LogP contribution < -0.4 is 0 Å². The van der Waals surface area contributed by atoms with Crippen LogP contribution in [0.25, 0.3) is 10.2 Å². The van der Waals surface area contributed by atoms with E-state index in [9.17, 15) is 4.79 Å². The fraction of sp³-hybridized carbons (Fsp3) is 0.154. The fourth-order valence-corrected chi connectivity index (χ4v) is 3.08. The lowest BCUT2D eigenvalue weighted by Crippen LogP contribution is -2.22. The number of carbonyl (C=O) groups is 1. The summed E-state index contributed by atoms with van der Waals surface area (Å²) >= 11 is 2.81. The van der Waals surface area contributed by atoms with Gasteiger partial charge in [-0.1, -0.05) is 6.07 Å². The van der Waals surface area contributed by atoms with E-state index in [0.29, 0.717) is 5.70 Å². The number of esters is 1. The van der Waals surface area contributed by atoms with E-state index in [2.05, 4.69) is 9.38 Å². The van der Waals surface area contributed by atoms with Crippen molar-refractivity contribution in [3.63, 3.8) is 0 Å². The van der Waals surface area contributed by atoms with E-state index >= 15 is 0 Å². The number of fused-ring (bicyclic) bond motifs is 1. The Hall–Kier alpha value is -1.86. The molecule has 0 radical (unpaired) electrons. The average Bonchev–Trinajstić information content (AvgIpc) is 2.94. The molecule has 0 aliphatic carbocycles. The highest BCUT2D eigenvalue weighted by Crippen LogP contribution is 2.26. The highest BCUT2D eigenvalue weighted by atomic mass is 32.2. The lowest BCUT2D eigenvalue weighted by Gasteiger charge is -2.21. The van der Waals surface area contributed by atoms with Crippen LogP contribution in [0.1, 0.15) is 5.56 Å². The second kappa shape index (κ2) is 5.26. The number of benzene rings is 1. The van der Waals surface area contributed by atoms with Crippen LogP contribution in [-0.2, 0) is 9.53 Å². The summed E-state index contributed by atoms with van der Waals surface area (Å²) in [7, 11) is 3.14. The van der Waals surface area contributed by atoms with Gasteiger partial charge in [0.25, 0.3) is 0 Å². The Kier molecular flexibility index (Phi) is 3.45. The molecular weight excluding hydrogens is 294 g/mol. The van der Waals surface area contributed by atoms with Crippen molar-refractivity contribution in [1.29, 1.82) is 0 Å². The number of thiazole rings is 1. The van der Waals surface area contributed by atoms with Crippen LogP contribution in [0.3, 0.4) is 0 Å². The summed E-state index contributed by atoms with van der Waals surface area (Å²) < 4.78 is 12.0. The number of allylic oxidation sites excluding steroid dienone is 1. The Balaban J connectivity index is 2.01. The maximum atomic E-state index is 11.7. The van der Waals surface area contributed by atoms with E-state index in [1.807, 2.05) is 23.7 Å². The molecule has 7 heteroatoms. The van der Waals surface area contributed by atoms with Crippen molar-refractivity contribution in [1.82, 2.24) is 9.29 Å². The molecule has 1 aliphatic heterocycles. The van der Waals surface area contributed by atoms with Gasteiger partial charge in [-0.05, 0) is 18.2 Å². The highest BCUT2D eigenvalue weighted by Gasteiger charge is 2.21. The Morgan fingerprint density at radius 2 is 2.25 bits per heavy atom. The SMILES string of the molecule is COC(=O)C1=CC(c2ccc3scnc3c2)=NSN1C. The number of hydrogen-bond donors (Lipinski definition) is 0. The largest absolute Gasteiger partial charge is 0.464 e. The van der Waals surface area contributed by atoms with Crippen LogP contribution in [0.4, 0.5) is 0 Å². The Morgan fingerprint density at radius 3 is 3.05 bits per heavy atom. The molecule has 20 heavy (non-hydrogen) atoms. The van der Waals surface area contributed by atoms with Gasteiger partial charge >= 0.3 is 5.97 Å². The van der Waals surface area contributed by atoms with E-state index in [-0.39, 0.29) is 5.97 Å². The number of nitrogens with zero attached hydrogens (tertiary/aromatic N) is 3. The van der Waals surface area contributed by atoms with Crippen molar-refractivity contribution in [2.45, 2.75) is 0 Å². The first-order valence-corrected chi connectivity index (χ1v) is 7.42. The van der Waals surface area contributed by atoms with Crippen molar-refractivity contribution in [3.8, 4) is 0 Å². The van der Waals surface area contributed by atoms with Gasteiger partial charge in [-0.25, -0.2) is 9.78 Å². The van der Waals surface area contributed by atoms with Crippen LogP contribution >= 0.6 is 23.5 Å². The predicted molar refractivity (Wildman–Crippen MR) is 81.6 cm³/mol. The number of aromatic nitrogens is 1. The van der Waals surface area contributed by atoms with Crippen molar-refractivity contribution in [2.75, 3.05) is 14.2 Å². The van der Waals surface area contributed by atoms with Gasteiger partial charge in [0.2, 0.25) is 0 Å². The summed E-state index contributed by atoms with van der Waals surface area (Å²) in [5, 5.41) is 0. The second-order valence-electron chi connectivity index (χ2n) is 4.11. The van der Waals surface area contributed by atoms with Crippen molar-refractivity contribution in [3.05, 3.63) is 41.0 Å². The van der Waals surface area contributed by atoms with Crippen LogP contribution in [0.5, 0.6) is 0 Å². The molecular formula is C13H11N3O2S2. The van der Waals surface area contributed by atoms with Crippen molar-refractivity contribution in [2.24, 2.45) is 4.40 Å². The molecule has 2 aromatic rings. The standard InChI is InChI=1S/C13H11N3O2S2/c1-16-11(13(17)18-2)6-9(15-20-16)8-3-4-12-10(5-8)14-7-19-12/h3-7H,1-2H3. The van der Waals surface area contributed by atoms with Crippen LogP contribution in [-0.4, -0.2) is 35.1 Å². The summed E-state index contributed by atoms with van der Waals surface area (Å²) in [4.78, 5) is 16.0. The molecule has 0 saturated carbocycles. The highest BCUT2D eigenvalue weighted by molar-refractivity contribution is 7.96. The first-order valence-electron chi connectivity index (χ1n) is 5.81. The average molecular weight is 305 g/mol. The van der Waals surface area contributed by atoms with E-state index in [0.717, 1.165) is 21.5 Å². The van der Waals surface area contributed by atoms with Crippen LogP contribution in [0, 0.1) is 0 Å². The third-order valence-corrected chi connectivity index (χ3v) is 4.43. The molecule has 0 fully saturated rings. The number of likely N-dealkylation sites (N-methyl/N-ethyl adjacent to an activating group) is 1. The van der Waals surface area contributed by atoms with E-state index in [1.165, 1.54) is 19.2 Å². The normalized spacial score (nSPS) is 15.0. The first kappa shape index (κ1) is 13.1. The summed E-state index contributed by atoms with van der Waals surface area (Å²) in [6.45, 7) is 0. The monoisotopic (exact) mass is 305 g/mol. The number of carbonyl (C=O) groups excluding carboxylic acids is 1. The minimum absolute atomic E-state index is 0.373. The second-order valence-corrected chi connectivity index (χ2v) is 5.89. The number of hydrogen-bond acceptors (Lipinski definition) is 7. The number of rotatable bonds is 2. The molecule has 0 spiro atoms. The molecule has 0 saturated heterocycles. The van der Waals surface area contributed by atoms with Gasteiger partial charge < -0.3 is 4.74 Å². The lowest BCUT2D eigenvalue weighted by molar-refractivity contribution is -0.137. The number of ether oxygens (including phenoxy) is 1. The molecule has 0 N–H and O–H groups in total. The smallest absolute Gasteiger partial charge is 0.355 e. The van der Waals surface area contributed by atoms with Gasteiger partial charge in [0, 0.05) is 12.6 Å². The zero-order valence-electron chi connectivity index (χ0n) is 10.9. The molecule has 0 unspecified atom stereocenters. The first-order chi connectivity index (χ1) is 9.69.